The Hall–Kier alpha value is -0.760. The minimum absolute atomic E-state index is 0.172. The third-order valence-electron chi connectivity index (χ3n) is 3.26. The fraction of sp³-hybridized carbons (Fsp3) is 0.833. The van der Waals surface area contributed by atoms with Crippen LogP contribution in [-0.2, 0) is 12.2 Å². The van der Waals surface area contributed by atoms with E-state index in [9.17, 15) is 13.2 Å². The summed E-state index contributed by atoms with van der Waals surface area (Å²) in [4.78, 5) is 3.89. The van der Waals surface area contributed by atoms with Crippen LogP contribution in [0.2, 0.25) is 0 Å². The molecule has 0 aromatic carbocycles. The molecule has 1 heterocycles. The molecule has 1 saturated carbocycles. The van der Waals surface area contributed by atoms with Crippen molar-refractivity contribution in [1.29, 1.82) is 0 Å². The maximum absolute atomic E-state index is 12.2. The predicted molar refractivity (Wildman–Crippen MR) is 68.2 cm³/mol. The van der Waals surface area contributed by atoms with Crippen LogP contribution in [-0.4, -0.2) is 32.8 Å². The van der Waals surface area contributed by atoms with Crippen LogP contribution >= 0.6 is 11.8 Å². The van der Waals surface area contributed by atoms with E-state index in [1.165, 1.54) is 32.1 Å². The zero-order valence-corrected chi connectivity index (χ0v) is 11.7. The van der Waals surface area contributed by atoms with Gasteiger partial charge in [-0.3, -0.25) is 0 Å². The van der Waals surface area contributed by atoms with Gasteiger partial charge in [0.2, 0.25) is 5.89 Å². The highest BCUT2D eigenvalue weighted by Crippen LogP contribution is 2.30. The molecule has 1 aliphatic rings. The van der Waals surface area contributed by atoms with Crippen LogP contribution in [0.4, 0.5) is 13.2 Å². The molecule has 8 heteroatoms. The molecule has 1 aromatic heterocycles. The number of halogens is 3. The Balaban J connectivity index is 1.79. The van der Waals surface area contributed by atoms with Crippen LogP contribution in [0.1, 0.15) is 43.8 Å². The molecule has 1 unspecified atom stereocenters. The number of hydrogen-bond acceptors (Lipinski definition) is 5. The van der Waals surface area contributed by atoms with E-state index in [4.69, 9.17) is 9.63 Å². The van der Waals surface area contributed by atoms with Gasteiger partial charge in [-0.2, -0.15) is 29.9 Å². The van der Waals surface area contributed by atoms with Crippen molar-refractivity contribution in [3.05, 3.63) is 11.7 Å². The van der Waals surface area contributed by atoms with Crippen LogP contribution in [0.25, 0.3) is 0 Å². The molecule has 1 aliphatic carbocycles. The van der Waals surface area contributed by atoms with E-state index in [0.717, 1.165) is 0 Å². The molecule has 1 N–H and O–H groups in total. The van der Waals surface area contributed by atoms with E-state index < -0.39 is 18.7 Å². The van der Waals surface area contributed by atoms with E-state index in [0.29, 0.717) is 16.8 Å². The third kappa shape index (κ3) is 4.66. The van der Waals surface area contributed by atoms with E-state index in [1.54, 1.807) is 11.8 Å². The van der Waals surface area contributed by atoms with Crippen molar-refractivity contribution < 1.29 is 22.8 Å². The first-order valence-corrected chi connectivity index (χ1v) is 7.68. The molecule has 0 bridgehead atoms. The Morgan fingerprint density at radius 1 is 1.30 bits per heavy atom. The highest BCUT2D eigenvalue weighted by molar-refractivity contribution is 7.99. The fourth-order valence-corrected chi connectivity index (χ4v) is 3.31. The normalized spacial score (nSPS) is 19.2. The number of aliphatic hydroxyl groups excluding tert-OH is 1. The van der Waals surface area contributed by atoms with Crippen molar-refractivity contribution in [3.8, 4) is 0 Å². The van der Waals surface area contributed by atoms with Gasteiger partial charge in [0.15, 0.2) is 11.9 Å². The molecule has 0 radical (unpaired) electrons. The van der Waals surface area contributed by atoms with Gasteiger partial charge in [-0.15, -0.1) is 0 Å². The first-order valence-electron chi connectivity index (χ1n) is 6.63. The molecule has 1 aromatic rings. The van der Waals surface area contributed by atoms with Crippen LogP contribution in [0.15, 0.2) is 4.52 Å². The summed E-state index contributed by atoms with van der Waals surface area (Å²) in [5.41, 5.74) is 0. The lowest BCUT2D eigenvalue weighted by Gasteiger charge is -2.19. The molecule has 1 atom stereocenters. The Bertz CT molecular complexity index is 419. The summed E-state index contributed by atoms with van der Waals surface area (Å²) < 4.78 is 41.3. The minimum atomic E-state index is -4.66. The average molecular weight is 310 g/mol. The number of nitrogens with zero attached hydrogens (tertiary/aromatic N) is 2. The van der Waals surface area contributed by atoms with Crippen LogP contribution in [0.3, 0.4) is 0 Å². The number of alkyl halides is 3. The molecular formula is C12H17F3N2O2S. The summed E-state index contributed by atoms with van der Waals surface area (Å²) in [6.45, 7) is 0. The number of aliphatic hydroxyl groups is 1. The number of thioether (sulfide) groups is 1. The van der Waals surface area contributed by atoms with Gasteiger partial charge in [0.05, 0.1) is 12.2 Å². The van der Waals surface area contributed by atoms with Crippen molar-refractivity contribution in [2.45, 2.75) is 61.8 Å². The molecule has 2 rings (SSSR count). The lowest BCUT2D eigenvalue weighted by atomic mass is 10.0. The summed E-state index contributed by atoms with van der Waals surface area (Å²) in [6, 6.07) is 0. The second-order valence-electron chi connectivity index (χ2n) is 4.94. The zero-order chi connectivity index (χ0) is 14.6. The van der Waals surface area contributed by atoms with E-state index in [2.05, 4.69) is 10.1 Å². The molecule has 0 amide bonds. The SMILES string of the molecule is OC(Cc1nc(CSC2CCCCC2)no1)C(F)(F)F. The van der Waals surface area contributed by atoms with Crippen LogP contribution in [0.5, 0.6) is 0 Å². The Kier molecular flexibility index (Phi) is 5.31. The van der Waals surface area contributed by atoms with Gasteiger partial charge in [-0.25, -0.2) is 0 Å². The molecular weight excluding hydrogens is 293 g/mol. The summed E-state index contributed by atoms with van der Waals surface area (Å²) in [5.74, 6) is 0.759. The maximum Gasteiger partial charge on any atom is 0.414 e. The Morgan fingerprint density at radius 2 is 2.00 bits per heavy atom. The molecule has 20 heavy (non-hydrogen) atoms. The van der Waals surface area contributed by atoms with Crippen LogP contribution < -0.4 is 0 Å². The van der Waals surface area contributed by atoms with Crippen molar-refractivity contribution in [2.24, 2.45) is 0 Å². The van der Waals surface area contributed by atoms with Gasteiger partial charge in [-0.1, -0.05) is 24.4 Å². The molecule has 0 spiro atoms. The molecule has 0 aliphatic heterocycles. The van der Waals surface area contributed by atoms with Crippen molar-refractivity contribution in [3.63, 3.8) is 0 Å². The van der Waals surface area contributed by atoms with Crippen molar-refractivity contribution in [2.75, 3.05) is 0 Å². The van der Waals surface area contributed by atoms with Crippen molar-refractivity contribution in [1.82, 2.24) is 10.1 Å². The summed E-state index contributed by atoms with van der Waals surface area (Å²) in [7, 11) is 0. The lowest BCUT2D eigenvalue weighted by Crippen LogP contribution is -2.30. The smallest absolute Gasteiger partial charge is 0.383 e. The first-order chi connectivity index (χ1) is 9.45. The molecule has 4 nitrogen and oxygen atoms in total. The lowest BCUT2D eigenvalue weighted by molar-refractivity contribution is -0.204. The van der Waals surface area contributed by atoms with E-state index >= 15 is 0 Å². The van der Waals surface area contributed by atoms with Gasteiger partial charge in [0.1, 0.15) is 0 Å². The van der Waals surface area contributed by atoms with E-state index in [-0.39, 0.29) is 5.89 Å². The second-order valence-corrected chi connectivity index (χ2v) is 6.23. The monoisotopic (exact) mass is 310 g/mol. The van der Waals surface area contributed by atoms with Gasteiger partial charge < -0.3 is 9.63 Å². The van der Waals surface area contributed by atoms with Crippen LogP contribution in [0, 0.1) is 0 Å². The molecule has 114 valence electrons. The number of hydrogen-bond donors (Lipinski definition) is 1. The Labute approximate surface area is 119 Å². The quantitative estimate of drug-likeness (QED) is 0.905. The van der Waals surface area contributed by atoms with Crippen molar-refractivity contribution >= 4 is 11.8 Å². The zero-order valence-electron chi connectivity index (χ0n) is 10.9. The first kappa shape index (κ1) is 15.6. The van der Waals surface area contributed by atoms with Gasteiger partial charge >= 0.3 is 6.18 Å². The second kappa shape index (κ2) is 6.80. The van der Waals surface area contributed by atoms with E-state index in [1.807, 2.05) is 0 Å². The fourth-order valence-electron chi connectivity index (χ4n) is 2.14. The largest absolute Gasteiger partial charge is 0.414 e. The predicted octanol–water partition coefficient (Wildman–Crippen LogP) is 3.10. The standard InChI is InChI=1S/C12H17F3N2O2S/c13-12(14,15)9(18)6-11-16-10(17-19-11)7-20-8-4-2-1-3-5-8/h8-9,18H,1-7H2. The molecule has 1 fully saturated rings. The summed E-state index contributed by atoms with van der Waals surface area (Å²) in [5, 5.41) is 13.1. The molecule has 0 saturated heterocycles. The summed E-state index contributed by atoms with van der Waals surface area (Å²) in [6.07, 6.45) is -1.74. The number of aromatic nitrogens is 2. The Morgan fingerprint density at radius 3 is 2.65 bits per heavy atom. The highest BCUT2D eigenvalue weighted by atomic mass is 32.2. The number of rotatable bonds is 5. The third-order valence-corrected chi connectivity index (χ3v) is 4.62. The maximum atomic E-state index is 12.2. The van der Waals surface area contributed by atoms with Gasteiger partial charge in [0, 0.05) is 5.25 Å². The summed E-state index contributed by atoms with van der Waals surface area (Å²) >= 11 is 1.72. The average Bonchev–Trinajstić information content (AvgIpc) is 2.84. The minimum Gasteiger partial charge on any atom is -0.383 e. The van der Waals surface area contributed by atoms with Gasteiger partial charge in [-0.05, 0) is 12.8 Å². The van der Waals surface area contributed by atoms with Gasteiger partial charge in [0.25, 0.3) is 0 Å². The topological polar surface area (TPSA) is 59.2 Å². The highest BCUT2D eigenvalue weighted by Gasteiger charge is 2.39.